The Morgan fingerprint density at radius 3 is 2.60 bits per heavy atom. The number of hydrogen-bond acceptors (Lipinski definition) is 4. The third-order valence-corrected chi connectivity index (χ3v) is 2.84. The van der Waals surface area contributed by atoms with Gasteiger partial charge in [0, 0.05) is 18.9 Å². The standard InChI is InChI=1S/C15H22N2O3/c1-5-20-14(19)12(15(2,3)4)13(18)17-10-11-7-6-8-16-9-11/h6-9,12H,5,10H2,1-4H3,(H,17,18). The molecule has 0 fully saturated rings. The third-order valence-electron chi connectivity index (χ3n) is 2.84. The number of nitrogens with one attached hydrogen (secondary N) is 1. The van der Waals surface area contributed by atoms with Gasteiger partial charge in [0.05, 0.1) is 6.61 Å². The Morgan fingerprint density at radius 2 is 2.10 bits per heavy atom. The summed E-state index contributed by atoms with van der Waals surface area (Å²) in [5.74, 6) is -1.62. The fraction of sp³-hybridized carbons (Fsp3) is 0.533. The zero-order valence-electron chi connectivity index (χ0n) is 12.5. The van der Waals surface area contributed by atoms with Crippen molar-refractivity contribution in [3.63, 3.8) is 0 Å². The molecule has 0 spiro atoms. The largest absolute Gasteiger partial charge is 0.465 e. The molecule has 1 amide bonds. The van der Waals surface area contributed by atoms with Crippen LogP contribution in [0.5, 0.6) is 0 Å². The second-order valence-electron chi connectivity index (χ2n) is 5.63. The molecule has 1 atom stereocenters. The van der Waals surface area contributed by atoms with Crippen molar-refractivity contribution in [1.29, 1.82) is 0 Å². The van der Waals surface area contributed by atoms with E-state index in [1.807, 2.05) is 26.8 Å². The zero-order chi connectivity index (χ0) is 15.2. The van der Waals surface area contributed by atoms with Gasteiger partial charge in [0.15, 0.2) is 0 Å². The van der Waals surface area contributed by atoms with Crippen LogP contribution < -0.4 is 5.32 Å². The van der Waals surface area contributed by atoms with Gasteiger partial charge in [0.25, 0.3) is 0 Å². The smallest absolute Gasteiger partial charge is 0.319 e. The van der Waals surface area contributed by atoms with E-state index in [1.165, 1.54) is 0 Å². The molecule has 5 nitrogen and oxygen atoms in total. The number of pyridine rings is 1. The van der Waals surface area contributed by atoms with E-state index in [9.17, 15) is 9.59 Å². The van der Waals surface area contributed by atoms with Crippen molar-refractivity contribution in [3.8, 4) is 0 Å². The van der Waals surface area contributed by atoms with Crippen LogP contribution in [-0.2, 0) is 20.9 Å². The van der Waals surface area contributed by atoms with Crippen molar-refractivity contribution in [1.82, 2.24) is 10.3 Å². The first-order valence-electron chi connectivity index (χ1n) is 6.69. The average Bonchev–Trinajstić information content (AvgIpc) is 2.36. The first kappa shape index (κ1) is 16.1. The molecule has 1 N–H and O–H groups in total. The lowest BCUT2D eigenvalue weighted by molar-refractivity contribution is -0.156. The summed E-state index contributed by atoms with van der Waals surface area (Å²) in [6.07, 6.45) is 3.35. The molecule has 5 heteroatoms. The Morgan fingerprint density at radius 1 is 1.40 bits per heavy atom. The van der Waals surface area contributed by atoms with E-state index in [0.717, 1.165) is 5.56 Å². The van der Waals surface area contributed by atoms with Crippen LogP contribution in [0.2, 0.25) is 0 Å². The van der Waals surface area contributed by atoms with E-state index in [4.69, 9.17) is 4.74 Å². The highest BCUT2D eigenvalue weighted by Crippen LogP contribution is 2.27. The molecule has 1 aromatic heterocycles. The molecule has 1 unspecified atom stereocenters. The van der Waals surface area contributed by atoms with Gasteiger partial charge in [0.1, 0.15) is 5.92 Å². The van der Waals surface area contributed by atoms with Crippen molar-refractivity contribution in [3.05, 3.63) is 30.1 Å². The maximum Gasteiger partial charge on any atom is 0.319 e. The Bertz CT molecular complexity index is 452. The third kappa shape index (κ3) is 4.64. The highest BCUT2D eigenvalue weighted by molar-refractivity contribution is 5.98. The molecule has 1 aromatic rings. The van der Waals surface area contributed by atoms with E-state index in [0.29, 0.717) is 6.54 Å². The zero-order valence-corrected chi connectivity index (χ0v) is 12.5. The normalized spacial score (nSPS) is 12.6. The van der Waals surface area contributed by atoms with Gasteiger partial charge in [-0.1, -0.05) is 26.8 Å². The number of ether oxygens (including phenoxy) is 1. The number of esters is 1. The lowest BCUT2D eigenvalue weighted by Crippen LogP contribution is -2.43. The predicted octanol–water partition coefficient (Wildman–Crippen LogP) is 1.92. The van der Waals surface area contributed by atoms with E-state index in [-0.39, 0.29) is 12.5 Å². The molecular formula is C15H22N2O3. The number of amides is 1. The monoisotopic (exact) mass is 278 g/mol. The second-order valence-corrected chi connectivity index (χ2v) is 5.63. The minimum Gasteiger partial charge on any atom is -0.465 e. The molecule has 0 aliphatic heterocycles. The van der Waals surface area contributed by atoms with E-state index >= 15 is 0 Å². The van der Waals surface area contributed by atoms with Crippen LogP contribution in [0, 0.1) is 11.3 Å². The summed E-state index contributed by atoms with van der Waals surface area (Å²) in [6, 6.07) is 3.66. The number of carbonyl (C=O) groups excluding carboxylic acids is 2. The van der Waals surface area contributed by atoms with Gasteiger partial charge in [-0.15, -0.1) is 0 Å². The number of nitrogens with zero attached hydrogens (tertiary/aromatic N) is 1. The molecule has 0 saturated heterocycles. The lowest BCUT2D eigenvalue weighted by atomic mass is 9.80. The molecule has 0 aliphatic rings. The number of rotatable bonds is 5. The molecular weight excluding hydrogens is 256 g/mol. The van der Waals surface area contributed by atoms with Crippen LogP contribution in [0.4, 0.5) is 0 Å². The molecule has 0 aromatic carbocycles. The molecule has 0 saturated carbocycles. The van der Waals surface area contributed by atoms with Crippen LogP contribution in [0.1, 0.15) is 33.3 Å². The summed E-state index contributed by atoms with van der Waals surface area (Å²) in [5, 5.41) is 2.77. The summed E-state index contributed by atoms with van der Waals surface area (Å²) < 4.78 is 4.99. The Labute approximate surface area is 119 Å². The van der Waals surface area contributed by atoms with Crippen molar-refractivity contribution >= 4 is 11.9 Å². The first-order valence-corrected chi connectivity index (χ1v) is 6.69. The molecule has 110 valence electrons. The van der Waals surface area contributed by atoms with Crippen LogP contribution in [-0.4, -0.2) is 23.5 Å². The Balaban J connectivity index is 2.72. The number of hydrogen-bond donors (Lipinski definition) is 1. The van der Waals surface area contributed by atoms with Gasteiger partial charge in [-0.2, -0.15) is 0 Å². The fourth-order valence-corrected chi connectivity index (χ4v) is 1.87. The number of carbonyl (C=O) groups is 2. The summed E-state index contributed by atoms with van der Waals surface area (Å²) in [5.41, 5.74) is 0.392. The van der Waals surface area contributed by atoms with Crippen molar-refractivity contribution in [2.75, 3.05) is 6.61 Å². The van der Waals surface area contributed by atoms with E-state index < -0.39 is 17.3 Å². The number of aromatic nitrogens is 1. The van der Waals surface area contributed by atoms with Crippen molar-refractivity contribution in [2.24, 2.45) is 11.3 Å². The highest BCUT2D eigenvalue weighted by Gasteiger charge is 2.38. The quantitative estimate of drug-likeness (QED) is 0.660. The average molecular weight is 278 g/mol. The molecule has 0 aliphatic carbocycles. The summed E-state index contributed by atoms with van der Waals surface area (Å²) >= 11 is 0. The van der Waals surface area contributed by atoms with Gasteiger partial charge < -0.3 is 10.1 Å². The summed E-state index contributed by atoms with van der Waals surface area (Å²) in [7, 11) is 0. The fourth-order valence-electron chi connectivity index (χ4n) is 1.87. The Kier molecular flexibility index (Phi) is 5.67. The first-order chi connectivity index (χ1) is 9.36. The van der Waals surface area contributed by atoms with Gasteiger partial charge in [-0.05, 0) is 24.0 Å². The van der Waals surface area contributed by atoms with Crippen molar-refractivity contribution in [2.45, 2.75) is 34.2 Å². The van der Waals surface area contributed by atoms with Gasteiger partial charge in [0.2, 0.25) is 5.91 Å². The van der Waals surface area contributed by atoms with Gasteiger partial charge in [-0.3, -0.25) is 14.6 Å². The summed E-state index contributed by atoms with van der Waals surface area (Å²) in [6.45, 7) is 7.87. The van der Waals surface area contributed by atoms with Crippen LogP contribution >= 0.6 is 0 Å². The molecule has 0 bridgehead atoms. The maximum atomic E-state index is 12.2. The molecule has 1 heterocycles. The Hall–Kier alpha value is -1.91. The molecule has 20 heavy (non-hydrogen) atoms. The minimum atomic E-state index is -0.820. The maximum absolute atomic E-state index is 12.2. The van der Waals surface area contributed by atoms with Crippen LogP contribution in [0.3, 0.4) is 0 Å². The molecule has 1 rings (SSSR count). The lowest BCUT2D eigenvalue weighted by Gasteiger charge is -2.27. The minimum absolute atomic E-state index is 0.265. The SMILES string of the molecule is CCOC(=O)C(C(=O)NCc1cccnc1)C(C)(C)C. The van der Waals surface area contributed by atoms with E-state index in [2.05, 4.69) is 10.3 Å². The van der Waals surface area contributed by atoms with Gasteiger partial charge >= 0.3 is 5.97 Å². The van der Waals surface area contributed by atoms with Crippen molar-refractivity contribution < 1.29 is 14.3 Å². The van der Waals surface area contributed by atoms with Gasteiger partial charge in [-0.25, -0.2) is 0 Å². The highest BCUT2D eigenvalue weighted by atomic mass is 16.5. The molecule has 0 radical (unpaired) electrons. The summed E-state index contributed by atoms with van der Waals surface area (Å²) in [4.78, 5) is 28.2. The predicted molar refractivity (Wildman–Crippen MR) is 75.7 cm³/mol. The van der Waals surface area contributed by atoms with E-state index in [1.54, 1.807) is 25.4 Å². The second kappa shape index (κ2) is 7.03. The van der Waals surface area contributed by atoms with Crippen LogP contribution in [0.15, 0.2) is 24.5 Å². The van der Waals surface area contributed by atoms with Crippen LogP contribution in [0.25, 0.3) is 0 Å². The topological polar surface area (TPSA) is 68.3 Å².